The lowest BCUT2D eigenvalue weighted by Gasteiger charge is -2.35. The standard InChI is InChI=1S/C15H23NO2/c1-18-15-7-4-5-13(11-15)12-16-9-3-2-6-14(16)8-10-17/h4-5,7,11,14,17H,2-3,6,8-10,12H2,1H3/t14-/m1/s1. The maximum atomic E-state index is 9.14. The van der Waals surface area contributed by atoms with E-state index in [1.165, 1.54) is 24.8 Å². The Morgan fingerprint density at radius 3 is 3.06 bits per heavy atom. The molecule has 0 radical (unpaired) electrons. The maximum Gasteiger partial charge on any atom is 0.119 e. The molecular formula is C15H23NO2. The number of methoxy groups -OCH3 is 1. The molecule has 0 bridgehead atoms. The Balaban J connectivity index is 2.01. The summed E-state index contributed by atoms with van der Waals surface area (Å²) in [6.07, 6.45) is 4.67. The van der Waals surface area contributed by atoms with Crippen LogP contribution in [-0.4, -0.2) is 36.3 Å². The number of aliphatic hydroxyl groups is 1. The number of benzene rings is 1. The van der Waals surface area contributed by atoms with Crippen molar-refractivity contribution in [2.24, 2.45) is 0 Å². The molecule has 100 valence electrons. The first-order valence-corrected chi connectivity index (χ1v) is 6.81. The van der Waals surface area contributed by atoms with Gasteiger partial charge in [0, 0.05) is 19.2 Å². The summed E-state index contributed by atoms with van der Waals surface area (Å²) in [4.78, 5) is 2.49. The lowest BCUT2D eigenvalue weighted by atomic mass is 9.99. The second-order valence-electron chi connectivity index (χ2n) is 4.98. The van der Waals surface area contributed by atoms with E-state index >= 15 is 0 Å². The van der Waals surface area contributed by atoms with Gasteiger partial charge >= 0.3 is 0 Å². The summed E-state index contributed by atoms with van der Waals surface area (Å²) in [7, 11) is 1.70. The number of ether oxygens (including phenoxy) is 1. The first-order valence-electron chi connectivity index (χ1n) is 6.81. The van der Waals surface area contributed by atoms with E-state index in [2.05, 4.69) is 17.0 Å². The number of rotatable bonds is 5. The van der Waals surface area contributed by atoms with Gasteiger partial charge in [0.05, 0.1) is 7.11 Å². The summed E-state index contributed by atoms with van der Waals surface area (Å²) < 4.78 is 5.26. The van der Waals surface area contributed by atoms with Crippen LogP contribution in [0.5, 0.6) is 5.75 Å². The number of nitrogens with zero attached hydrogens (tertiary/aromatic N) is 1. The Labute approximate surface area is 109 Å². The zero-order valence-electron chi connectivity index (χ0n) is 11.1. The highest BCUT2D eigenvalue weighted by molar-refractivity contribution is 5.28. The molecule has 0 aliphatic carbocycles. The second-order valence-corrected chi connectivity index (χ2v) is 4.98. The molecule has 0 amide bonds. The van der Waals surface area contributed by atoms with Gasteiger partial charge in [0.25, 0.3) is 0 Å². The normalized spacial score (nSPS) is 20.9. The van der Waals surface area contributed by atoms with Crippen LogP contribution in [0, 0.1) is 0 Å². The zero-order valence-corrected chi connectivity index (χ0v) is 11.1. The fraction of sp³-hybridized carbons (Fsp3) is 0.600. The van der Waals surface area contributed by atoms with E-state index in [-0.39, 0.29) is 0 Å². The van der Waals surface area contributed by atoms with Gasteiger partial charge < -0.3 is 9.84 Å². The molecule has 3 heteroatoms. The predicted molar refractivity (Wildman–Crippen MR) is 72.7 cm³/mol. The molecule has 0 saturated carbocycles. The zero-order chi connectivity index (χ0) is 12.8. The predicted octanol–water partition coefficient (Wildman–Crippen LogP) is 2.43. The van der Waals surface area contributed by atoms with Gasteiger partial charge in [-0.05, 0) is 43.5 Å². The highest BCUT2D eigenvalue weighted by Gasteiger charge is 2.21. The highest BCUT2D eigenvalue weighted by Crippen LogP contribution is 2.23. The SMILES string of the molecule is COc1cccc(CN2CCCC[C@@H]2CCO)c1. The van der Waals surface area contributed by atoms with E-state index in [9.17, 15) is 0 Å². The fourth-order valence-electron chi connectivity index (χ4n) is 2.75. The molecule has 1 aliphatic heterocycles. The van der Waals surface area contributed by atoms with E-state index in [0.717, 1.165) is 25.3 Å². The molecule has 1 heterocycles. The number of hydrogen-bond acceptors (Lipinski definition) is 3. The lowest BCUT2D eigenvalue weighted by molar-refractivity contribution is 0.112. The molecule has 1 N–H and O–H groups in total. The van der Waals surface area contributed by atoms with Crippen LogP contribution in [0.1, 0.15) is 31.2 Å². The third kappa shape index (κ3) is 3.47. The van der Waals surface area contributed by atoms with Crippen LogP contribution in [0.25, 0.3) is 0 Å². The van der Waals surface area contributed by atoms with E-state index in [1.54, 1.807) is 7.11 Å². The molecule has 1 fully saturated rings. The van der Waals surface area contributed by atoms with Crippen LogP contribution < -0.4 is 4.74 Å². The van der Waals surface area contributed by atoms with Crippen molar-refractivity contribution in [3.8, 4) is 5.75 Å². The van der Waals surface area contributed by atoms with Crippen molar-refractivity contribution in [3.63, 3.8) is 0 Å². The summed E-state index contributed by atoms with van der Waals surface area (Å²) in [6, 6.07) is 8.80. The minimum atomic E-state index is 0.291. The molecule has 0 spiro atoms. The number of aliphatic hydroxyl groups excluding tert-OH is 1. The molecular weight excluding hydrogens is 226 g/mol. The molecule has 1 aromatic rings. The van der Waals surface area contributed by atoms with Gasteiger partial charge in [-0.15, -0.1) is 0 Å². The van der Waals surface area contributed by atoms with Crippen LogP contribution in [0.3, 0.4) is 0 Å². The third-order valence-corrected chi connectivity index (χ3v) is 3.73. The molecule has 1 aromatic carbocycles. The smallest absolute Gasteiger partial charge is 0.119 e. The molecule has 0 aromatic heterocycles. The first kappa shape index (κ1) is 13.4. The van der Waals surface area contributed by atoms with Crippen molar-refractivity contribution in [3.05, 3.63) is 29.8 Å². The highest BCUT2D eigenvalue weighted by atomic mass is 16.5. The number of piperidine rings is 1. The molecule has 1 aliphatic rings. The average molecular weight is 249 g/mol. The van der Waals surface area contributed by atoms with Gasteiger partial charge in [0.15, 0.2) is 0 Å². The Morgan fingerprint density at radius 2 is 2.28 bits per heavy atom. The third-order valence-electron chi connectivity index (χ3n) is 3.73. The van der Waals surface area contributed by atoms with Gasteiger partial charge in [0.2, 0.25) is 0 Å². The van der Waals surface area contributed by atoms with E-state index in [4.69, 9.17) is 9.84 Å². The second kappa shape index (κ2) is 6.76. The summed E-state index contributed by atoms with van der Waals surface area (Å²) in [5.74, 6) is 0.920. The van der Waals surface area contributed by atoms with E-state index in [0.29, 0.717) is 12.6 Å². The van der Waals surface area contributed by atoms with Gasteiger partial charge in [-0.2, -0.15) is 0 Å². The maximum absolute atomic E-state index is 9.14. The average Bonchev–Trinajstić information content (AvgIpc) is 2.41. The lowest BCUT2D eigenvalue weighted by Crippen LogP contribution is -2.39. The van der Waals surface area contributed by atoms with Crippen molar-refractivity contribution in [2.45, 2.75) is 38.3 Å². The molecule has 1 saturated heterocycles. The fourth-order valence-corrected chi connectivity index (χ4v) is 2.75. The van der Waals surface area contributed by atoms with Gasteiger partial charge in [-0.1, -0.05) is 18.6 Å². The van der Waals surface area contributed by atoms with Crippen LogP contribution in [-0.2, 0) is 6.54 Å². The molecule has 1 atom stereocenters. The summed E-state index contributed by atoms with van der Waals surface area (Å²) in [6.45, 7) is 2.39. The van der Waals surface area contributed by atoms with Gasteiger partial charge in [-0.3, -0.25) is 4.90 Å². The molecule has 2 rings (SSSR count). The van der Waals surface area contributed by atoms with Crippen molar-refractivity contribution < 1.29 is 9.84 Å². The minimum absolute atomic E-state index is 0.291. The Kier molecular flexibility index (Phi) is 5.02. The summed E-state index contributed by atoms with van der Waals surface area (Å²) in [5.41, 5.74) is 1.29. The van der Waals surface area contributed by atoms with E-state index < -0.39 is 0 Å². The van der Waals surface area contributed by atoms with Crippen LogP contribution in [0.15, 0.2) is 24.3 Å². The minimum Gasteiger partial charge on any atom is -0.497 e. The monoisotopic (exact) mass is 249 g/mol. The first-order chi connectivity index (χ1) is 8.83. The largest absolute Gasteiger partial charge is 0.497 e. The Hall–Kier alpha value is -1.06. The Morgan fingerprint density at radius 1 is 1.39 bits per heavy atom. The van der Waals surface area contributed by atoms with Gasteiger partial charge in [-0.25, -0.2) is 0 Å². The topological polar surface area (TPSA) is 32.7 Å². The number of likely N-dealkylation sites (tertiary alicyclic amines) is 1. The Bertz CT molecular complexity index is 365. The molecule has 18 heavy (non-hydrogen) atoms. The number of hydrogen-bond donors (Lipinski definition) is 1. The molecule has 3 nitrogen and oxygen atoms in total. The summed E-state index contributed by atoms with van der Waals surface area (Å²) in [5, 5.41) is 9.14. The molecule has 0 unspecified atom stereocenters. The van der Waals surface area contributed by atoms with Crippen LogP contribution >= 0.6 is 0 Å². The van der Waals surface area contributed by atoms with Crippen LogP contribution in [0.4, 0.5) is 0 Å². The van der Waals surface area contributed by atoms with Gasteiger partial charge in [0.1, 0.15) is 5.75 Å². The quantitative estimate of drug-likeness (QED) is 0.870. The van der Waals surface area contributed by atoms with Crippen molar-refractivity contribution >= 4 is 0 Å². The van der Waals surface area contributed by atoms with Crippen molar-refractivity contribution in [1.82, 2.24) is 4.90 Å². The van der Waals surface area contributed by atoms with E-state index in [1.807, 2.05) is 12.1 Å². The van der Waals surface area contributed by atoms with Crippen LogP contribution in [0.2, 0.25) is 0 Å². The van der Waals surface area contributed by atoms with Crippen molar-refractivity contribution in [1.29, 1.82) is 0 Å². The summed E-state index contributed by atoms with van der Waals surface area (Å²) >= 11 is 0. The van der Waals surface area contributed by atoms with Crippen molar-refractivity contribution in [2.75, 3.05) is 20.3 Å².